The summed E-state index contributed by atoms with van der Waals surface area (Å²) < 4.78 is 0. The lowest BCUT2D eigenvalue weighted by Gasteiger charge is -1.99. The van der Waals surface area contributed by atoms with Crippen LogP contribution in [0.25, 0.3) is 0 Å². The molecule has 0 spiro atoms. The summed E-state index contributed by atoms with van der Waals surface area (Å²) in [5.41, 5.74) is 16.8. The van der Waals surface area contributed by atoms with Gasteiger partial charge in [-0.25, -0.2) is 0 Å². The second-order valence-corrected chi connectivity index (χ2v) is 1.71. The Kier molecular flexibility index (Phi) is 2.57. The van der Waals surface area contributed by atoms with Crippen LogP contribution in [0.5, 0.6) is 0 Å². The molecule has 4 nitrogen and oxygen atoms in total. The molecular weight excluding hydrogens is 116 g/mol. The molecular formula is C5H12N4. The molecule has 0 fully saturated rings. The second kappa shape index (κ2) is 2.96. The highest BCUT2D eigenvalue weighted by Gasteiger charge is 1.95. The van der Waals surface area contributed by atoms with Crippen molar-refractivity contribution in [1.29, 1.82) is 0 Å². The topological polar surface area (TPSA) is 90.4 Å². The minimum atomic E-state index is 0.287. The maximum Gasteiger partial charge on any atom is 0.143 e. The van der Waals surface area contributed by atoms with Crippen molar-refractivity contribution in [2.45, 2.75) is 6.92 Å². The Morgan fingerprint density at radius 1 is 1.22 bits per heavy atom. The van der Waals surface area contributed by atoms with Crippen LogP contribution in [0.1, 0.15) is 6.92 Å². The zero-order valence-corrected chi connectivity index (χ0v) is 5.68. The molecule has 0 saturated heterocycles. The van der Waals surface area contributed by atoms with Crippen LogP contribution < -0.4 is 17.2 Å². The third-order valence-corrected chi connectivity index (χ3v) is 0.942. The number of hydrogen-bond donors (Lipinski definition) is 3. The van der Waals surface area contributed by atoms with Gasteiger partial charge in [-0.1, -0.05) is 0 Å². The molecule has 0 radical (unpaired) electrons. The molecule has 0 aliphatic carbocycles. The summed E-state index contributed by atoms with van der Waals surface area (Å²) in [4.78, 5) is 3.64. The first-order valence-electron chi connectivity index (χ1n) is 2.54. The number of aliphatic imine (C=N–C) groups is 1. The van der Waals surface area contributed by atoms with Gasteiger partial charge in [-0.05, 0) is 6.92 Å². The first-order chi connectivity index (χ1) is 4.09. The molecule has 0 aliphatic rings. The number of hydrogen-bond acceptors (Lipinski definition) is 3. The van der Waals surface area contributed by atoms with Crippen LogP contribution in [0.3, 0.4) is 0 Å². The van der Waals surface area contributed by atoms with Crippen molar-refractivity contribution in [3.8, 4) is 0 Å². The molecule has 9 heavy (non-hydrogen) atoms. The van der Waals surface area contributed by atoms with E-state index in [1.54, 1.807) is 14.0 Å². The van der Waals surface area contributed by atoms with E-state index >= 15 is 0 Å². The molecule has 52 valence electrons. The smallest absolute Gasteiger partial charge is 0.143 e. The number of allylic oxidation sites excluding steroid dienone is 1. The standard InChI is InChI=1S/C5H12N4/c1-3(6)4(7)5(8)9-2/h6-7H2,1-2H3,(H2,8,9)/b4-3-. The zero-order valence-electron chi connectivity index (χ0n) is 5.68. The van der Waals surface area contributed by atoms with Gasteiger partial charge < -0.3 is 17.2 Å². The molecule has 0 bridgehead atoms. The van der Waals surface area contributed by atoms with Gasteiger partial charge >= 0.3 is 0 Å². The summed E-state index contributed by atoms with van der Waals surface area (Å²) in [7, 11) is 1.56. The highest BCUT2D eigenvalue weighted by atomic mass is 14.9. The molecule has 6 N–H and O–H groups in total. The fraction of sp³-hybridized carbons (Fsp3) is 0.400. The van der Waals surface area contributed by atoms with Gasteiger partial charge in [0.1, 0.15) is 5.84 Å². The molecule has 0 amide bonds. The predicted molar refractivity (Wildman–Crippen MR) is 38.6 cm³/mol. The number of amidine groups is 1. The summed E-state index contributed by atoms with van der Waals surface area (Å²) >= 11 is 0. The van der Waals surface area contributed by atoms with Crippen LogP contribution in [0, 0.1) is 0 Å². The first kappa shape index (κ1) is 7.81. The third-order valence-electron chi connectivity index (χ3n) is 0.942. The van der Waals surface area contributed by atoms with Crippen molar-refractivity contribution >= 4 is 5.84 Å². The fourth-order valence-corrected chi connectivity index (χ4v) is 0.322. The zero-order chi connectivity index (χ0) is 7.44. The van der Waals surface area contributed by atoms with Crippen LogP contribution >= 0.6 is 0 Å². The summed E-state index contributed by atoms with van der Waals surface area (Å²) in [5.74, 6) is 0.287. The van der Waals surface area contributed by atoms with Gasteiger partial charge in [0.05, 0.1) is 5.70 Å². The molecule has 0 aromatic heterocycles. The second-order valence-electron chi connectivity index (χ2n) is 1.71. The molecule has 0 rings (SSSR count). The van der Waals surface area contributed by atoms with E-state index in [0.717, 1.165) is 0 Å². The minimum absolute atomic E-state index is 0.287. The molecule has 0 atom stereocenters. The monoisotopic (exact) mass is 128 g/mol. The highest BCUT2D eigenvalue weighted by molar-refractivity contribution is 5.96. The Hall–Kier alpha value is -1.19. The summed E-state index contributed by atoms with van der Waals surface area (Å²) in [6, 6.07) is 0. The Morgan fingerprint density at radius 3 is 1.78 bits per heavy atom. The summed E-state index contributed by atoms with van der Waals surface area (Å²) in [5, 5.41) is 0. The van der Waals surface area contributed by atoms with E-state index in [0.29, 0.717) is 11.4 Å². The van der Waals surface area contributed by atoms with Crippen LogP contribution in [0.2, 0.25) is 0 Å². The quantitative estimate of drug-likeness (QED) is 0.316. The Labute approximate surface area is 54.4 Å². The van der Waals surface area contributed by atoms with Crippen LogP contribution in [0.15, 0.2) is 16.4 Å². The Bertz CT molecular complexity index is 152. The van der Waals surface area contributed by atoms with Crippen molar-refractivity contribution in [2.24, 2.45) is 22.2 Å². The summed E-state index contributed by atoms with van der Waals surface area (Å²) in [6.07, 6.45) is 0. The van der Waals surface area contributed by atoms with E-state index in [4.69, 9.17) is 17.2 Å². The Morgan fingerprint density at radius 2 is 1.67 bits per heavy atom. The van der Waals surface area contributed by atoms with Crippen molar-refractivity contribution in [2.75, 3.05) is 7.05 Å². The maximum absolute atomic E-state index is 5.37. The molecule has 0 aromatic rings. The highest BCUT2D eigenvalue weighted by Crippen LogP contribution is 1.87. The van der Waals surface area contributed by atoms with E-state index in [2.05, 4.69) is 4.99 Å². The molecule has 0 saturated carbocycles. The van der Waals surface area contributed by atoms with Gasteiger partial charge in [0.2, 0.25) is 0 Å². The molecule has 4 heteroatoms. The number of nitrogens with two attached hydrogens (primary N) is 3. The lowest BCUT2D eigenvalue weighted by atomic mass is 10.3. The third kappa shape index (κ3) is 2.03. The lowest BCUT2D eigenvalue weighted by Crippen LogP contribution is -2.24. The molecule has 0 unspecified atom stereocenters. The van der Waals surface area contributed by atoms with Gasteiger partial charge in [-0.2, -0.15) is 0 Å². The fourth-order valence-electron chi connectivity index (χ4n) is 0.322. The molecule has 0 heterocycles. The normalized spacial score (nSPS) is 15.1. The maximum atomic E-state index is 5.37. The van der Waals surface area contributed by atoms with Gasteiger partial charge in [-0.3, -0.25) is 4.99 Å². The van der Waals surface area contributed by atoms with E-state index in [-0.39, 0.29) is 5.84 Å². The van der Waals surface area contributed by atoms with Crippen LogP contribution in [-0.2, 0) is 0 Å². The van der Waals surface area contributed by atoms with Gasteiger partial charge in [0, 0.05) is 12.7 Å². The lowest BCUT2D eigenvalue weighted by molar-refractivity contribution is 1.21. The predicted octanol–water partition coefficient (Wildman–Crippen LogP) is -0.878. The van der Waals surface area contributed by atoms with Crippen molar-refractivity contribution in [3.05, 3.63) is 11.4 Å². The first-order valence-corrected chi connectivity index (χ1v) is 2.54. The number of rotatable bonds is 1. The van der Waals surface area contributed by atoms with E-state index in [1.807, 2.05) is 0 Å². The average molecular weight is 128 g/mol. The SMILES string of the molecule is C/N=C(N)\C(N)=C(/C)N. The van der Waals surface area contributed by atoms with Crippen molar-refractivity contribution in [3.63, 3.8) is 0 Å². The molecule has 0 aliphatic heterocycles. The average Bonchev–Trinajstić information content (AvgIpc) is 1.84. The Balaban J connectivity index is 4.40. The van der Waals surface area contributed by atoms with E-state index in [9.17, 15) is 0 Å². The van der Waals surface area contributed by atoms with Crippen molar-refractivity contribution < 1.29 is 0 Å². The minimum Gasteiger partial charge on any atom is -0.401 e. The van der Waals surface area contributed by atoms with Crippen LogP contribution in [-0.4, -0.2) is 12.9 Å². The number of nitrogens with zero attached hydrogens (tertiary/aromatic N) is 1. The van der Waals surface area contributed by atoms with Crippen molar-refractivity contribution in [1.82, 2.24) is 0 Å². The van der Waals surface area contributed by atoms with Gasteiger partial charge in [0.15, 0.2) is 0 Å². The van der Waals surface area contributed by atoms with Gasteiger partial charge in [-0.15, -0.1) is 0 Å². The van der Waals surface area contributed by atoms with Gasteiger partial charge in [0.25, 0.3) is 0 Å². The van der Waals surface area contributed by atoms with E-state index in [1.165, 1.54) is 0 Å². The van der Waals surface area contributed by atoms with E-state index < -0.39 is 0 Å². The summed E-state index contributed by atoms with van der Waals surface area (Å²) in [6.45, 7) is 1.67. The van der Waals surface area contributed by atoms with Crippen LogP contribution in [0.4, 0.5) is 0 Å². The molecule has 0 aromatic carbocycles. The largest absolute Gasteiger partial charge is 0.401 e.